The molecule has 40 heavy (non-hydrogen) atoms. The molecule has 0 fully saturated rings. The molecule has 1 unspecified atom stereocenters. The lowest BCUT2D eigenvalue weighted by Gasteiger charge is -2.18. The molecule has 0 aliphatic heterocycles. The fourth-order valence-electron chi connectivity index (χ4n) is 5.81. The Morgan fingerprint density at radius 1 is 0.500 bits per heavy atom. The lowest BCUT2D eigenvalue weighted by Crippen LogP contribution is -2.34. The minimum absolute atomic E-state index is 0.722. The first-order valence-electron chi connectivity index (χ1n) is 14.6. The molecule has 0 amide bonds. The second-order valence-electron chi connectivity index (χ2n) is 11.5. The van der Waals surface area contributed by atoms with E-state index in [1.807, 2.05) is 0 Å². The highest BCUT2D eigenvalue weighted by atomic mass is 14.1. The Labute approximate surface area is 242 Å². The molecule has 0 heterocycles. The van der Waals surface area contributed by atoms with Crippen molar-refractivity contribution in [1.82, 2.24) is 0 Å². The third-order valence-corrected chi connectivity index (χ3v) is 8.36. The molecule has 0 nitrogen and oxygen atoms in total. The molecule has 1 atom stereocenters. The van der Waals surface area contributed by atoms with Crippen LogP contribution in [0.3, 0.4) is 0 Å². The van der Waals surface area contributed by atoms with E-state index in [0.717, 1.165) is 12.3 Å². The van der Waals surface area contributed by atoms with Crippen LogP contribution >= 0.6 is 0 Å². The van der Waals surface area contributed by atoms with Gasteiger partial charge in [0.1, 0.15) is 0 Å². The average Bonchev–Trinajstić information content (AvgIpc) is 2.96. The predicted molar refractivity (Wildman–Crippen MR) is 176 cm³/mol. The zero-order valence-corrected chi connectivity index (χ0v) is 24.9. The highest BCUT2D eigenvalue weighted by molar-refractivity contribution is 6.69. The van der Waals surface area contributed by atoms with Crippen molar-refractivity contribution < 1.29 is 0 Å². The van der Waals surface area contributed by atoms with Crippen molar-refractivity contribution in [2.45, 2.75) is 54.4 Å². The van der Waals surface area contributed by atoms with E-state index >= 15 is 0 Å². The molecule has 5 rings (SSSR count). The Bertz CT molecular complexity index is 1550. The smallest absolute Gasteiger partial charge is 0.0757 e. The van der Waals surface area contributed by atoms with Crippen LogP contribution in [-0.4, -0.2) is 7.28 Å². The van der Waals surface area contributed by atoms with Crippen molar-refractivity contribution >= 4 is 18.2 Å². The van der Waals surface area contributed by atoms with E-state index in [0.29, 0.717) is 0 Å². The number of aryl methyl sites for hydroxylation is 4. The van der Waals surface area contributed by atoms with Gasteiger partial charge in [-0.1, -0.05) is 157 Å². The van der Waals surface area contributed by atoms with Crippen LogP contribution in [0.5, 0.6) is 0 Å². The summed E-state index contributed by atoms with van der Waals surface area (Å²) in [5, 5.41) is 0. The molecular weight excluding hydrogens is 479 g/mol. The van der Waals surface area contributed by atoms with Gasteiger partial charge in [0.2, 0.25) is 0 Å². The predicted octanol–water partition coefficient (Wildman–Crippen LogP) is 9.16. The van der Waals surface area contributed by atoms with Crippen LogP contribution in [0.4, 0.5) is 0 Å². The normalized spacial score (nSPS) is 11.8. The highest BCUT2D eigenvalue weighted by Gasteiger charge is 2.14. The van der Waals surface area contributed by atoms with Crippen molar-refractivity contribution in [2.75, 3.05) is 0 Å². The summed E-state index contributed by atoms with van der Waals surface area (Å²) >= 11 is 0. The van der Waals surface area contributed by atoms with Gasteiger partial charge < -0.3 is 0 Å². The van der Waals surface area contributed by atoms with E-state index in [2.05, 4.69) is 152 Å². The molecule has 0 saturated carbocycles. The third-order valence-electron chi connectivity index (χ3n) is 8.36. The zero-order valence-electron chi connectivity index (χ0n) is 24.9. The first kappa shape index (κ1) is 27.7. The summed E-state index contributed by atoms with van der Waals surface area (Å²) in [6, 6.07) is 37.9. The van der Waals surface area contributed by atoms with Gasteiger partial charge in [0.15, 0.2) is 7.28 Å². The standard InChI is InChI=1S/C39H40B/c1-7-26(2)21-31-22-27(3)38(28(4)23-31)40-39-29(5)24-37(25-30(39)6)36-19-17-35(18-20-36)34-15-13-33(14-16-34)32-11-9-8-10-12-32/h8-20,22-26H,7,21H2,1-6H3. The topological polar surface area (TPSA) is 0 Å². The fourth-order valence-corrected chi connectivity index (χ4v) is 5.81. The summed E-state index contributed by atoms with van der Waals surface area (Å²) in [6.07, 6.45) is 2.38. The largest absolute Gasteiger partial charge is 0.192 e. The van der Waals surface area contributed by atoms with Gasteiger partial charge in [-0.3, -0.25) is 0 Å². The molecule has 0 spiro atoms. The minimum Gasteiger partial charge on any atom is -0.0757 e. The van der Waals surface area contributed by atoms with Crippen molar-refractivity contribution in [3.8, 4) is 33.4 Å². The Balaban J connectivity index is 1.35. The second kappa shape index (κ2) is 12.1. The van der Waals surface area contributed by atoms with Gasteiger partial charge in [-0.2, -0.15) is 0 Å². The summed E-state index contributed by atoms with van der Waals surface area (Å²) in [6.45, 7) is 13.6. The summed E-state index contributed by atoms with van der Waals surface area (Å²) in [4.78, 5) is 0. The van der Waals surface area contributed by atoms with E-state index in [4.69, 9.17) is 0 Å². The highest BCUT2D eigenvalue weighted by Crippen LogP contribution is 2.28. The van der Waals surface area contributed by atoms with Gasteiger partial charge in [-0.15, -0.1) is 0 Å². The molecular formula is C39H40B. The van der Waals surface area contributed by atoms with Gasteiger partial charge >= 0.3 is 0 Å². The average molecular weight is 520 g/mol. The summed E-state index contributed by atoms with van der Waals surface area (Å²) in [7, 11) is 2.40. The number of hydrogen-bond acceptors (Lipinski definition) is 0. The summed E-state index contributed by atoms with van der Waals surface area (Å²) in [5.74, 6) is 0.722. The molecule has 5 aromatic carbocycles. The van der Waals surface area contributed by atoms with Crippen molar-refractivity contribution in [2.24, 2.45) is 5.92 Å². The minimum atomic E-state index is 0.722. The maximum Gasteiger partial charge on any atom is 0.192 e. The second-order valence-corrected chi connectivity index (χ2v) is 11.5. The molecule has 1 heteroatoms. The molecule has 0 bridgehead atoms. The monoisotopic (exact) mass is 519 g/mol. The molecule has 0 saturated heterocycles. The molecule has 0 aliphatic rings. The number of rotatable bonds is 8. The van der Waals surface area contributed by atoms with Crippen LogP contribution in [-0.2, 0) is 6.42 Å². The summed E-state index contributed by atoms with van der Waals surface area (Å²) < 4.78 is 0. The molecule has 5 aromatic rings. The molecule has 199 valence electrons. The Kier molecular flexibility index (Phi) is 8.41. The van der Waals surface area contributed by atoms with Gasteiger partial charge in [-0.05, 0) is 79.0 Å². The first-order valence-corrected chi connectivity index (χ1v) is 14.6. The first-order chi connectivity index (χ1) is 19.3. The van der Waals surface area contributed by atoms with Gasteiger partial charge in [0.05, 0.1) is 0 Å². The van der Waals surface area contributed by atoms with Crippen LogP contribution in [0.15, 0.2) is 103 Å². The van der Waals surface area contributed by atoms with Gasteiger partial charge in [0.25, 0.3) is 0 Å². The molecule has 0 aliphatic carbocycles. The SMILES string of the molecule is CCC(C)Cc1cc(C)c([B]c2c(C)cc(-c3ccc(-c4ccc(-c5ccccc5)cc4)cc3)cc2C)c(C)c1. The van der Waals surface area contributed by atoms with Crippen LogP contribution in [0.2, 0.25) is 0 Å². The third kappa shape index (κ3) is 6.15. The van der Waals surface area contributed by atoms with Crippen LogP contribution < -0.4 is 10.9 Å². The maximum atomic E-state index is 2.40. The zero-order chi connectivity index (χ0) is 28.2. The number of hydrogen-bond donors (Lipinski definition) is 0. The lowest BCUT2D eigenvalue weighted by atomic mass is 9.58. The van der Waals surface area contributed by atoms with E-state index in [9.17, 15) is 0 Å². The van der Waals surface area contributed by atoms with Crippen molar-refractivity contribution in [1.29, 1.82) is 0 Å². The van der Waals surface area contributed by atoms with Crippen LogP contribution in [0.25, 0.3) is 33.4 Å². The Hall–Kier alpha value is -3.84. The van der Waals surface area contributed by atoms with E-state index in [1.54, 1.807) is 0 Å². The number of benzene rings is 5. The van der Waals surface area contributed by atoms with E-state index in [1.165, 1.54) is 78.5 Å². The van der Waals surface area contributed by atoms with Crippen molar-refractivity contribution in [3.63, 3.8) is 0 Å². The molecule has 0 aromatic heterocycles. The Morgan fingerprint density at radius 2 is 0.875 bits per heavy atom. The molecule has 0 N–H and O–H groups in total. The fraction of sp³-hybridized carbons (Fsp3) is 0.231. The van der Waals surface area contributed by atoms with E-state index < -0.39 is 0 Å². The van der Waals surface area contributed by atoms with Gasteiger partial charge in [0, 0.05) is 0 Å². The van der Waals surface area contributed by atoms with Crippen LogP contribution in [0.1, 0.15) is 48.1 Å². The Morgan fingerprint density at radius 3 is 1.30 bits per heavy atom. The quantitative estimate of drug-likeness (QED) is 0.179. The van der Waals surface area contributed by atoms with Gasteiger partial charge in [-0.25, -0.2) is 0 Å². The molecule has 1 radical (unpaired) electrons. The lowest BCUT2D eigenvalue weighted by molar-refractivity contribution is 0.560. The maximum absolute atomic E-state index is 2.40. The summed E-state index contributed by atoms with van der Waals surface area (Å²) in [5.41, 5.74) is 17.0. The van der Waals surface area contributed by atoms with Crippen molar-refractivity contribution in [3.05, 3.63) is 131 Å². The van der Waals surface area contributed by atoms with Crippen LogP contribution in [0, 0.1) is 33.6 Å². The van der Waals surface area contributed by atoms with E-state index in [-0.39, 0.29) is 0 Å².